The van der Waals surface area contributed by atoms with Crippen molar-refractivity contribution in [2.24, 2.45) is 0 Å². The molecule has 0 radical (unpaired) electrons. The number of rotatable bonds is 4. The van der Waals surface area contributed by atoms with E-state index < -0.39 is 0 Å². The van der Waals surface area contributed by atoms with Crippen molar-refractivity contribution >= 4 is 17.5 Å². The molecule has 1 aliphatic carbocycles. The van der Waals surface area contributed by atoms with Gasteiger partial charge in [-0.15, -0.1) is 0 Å². The molecule has 0 bridgehead atoms. The predicted octanol–water partition coefficient (Wildman–Crippen LogP) is 3.20. The molecular formula is C11H18OS. The van der Waals surface area contributed by atoms with E-state index >= 15 is 0 Å². The van der Waals surface area contributed by atoms with Gasteiger partial charge in [0.05, 0.1) is 0 Å². The molecule has 0 aromatic carbocycles. The third kappa shape index (κ3) is 3.18. The summed E-state index contributed by atoms with van der Waals surface area (Å²) in [6, 6.07) is 0. The van der Waals surface area contributed by atoms with E-state index in [4.69, 9.17) is 0 Å². The van der Waals surface area contributed by atoms with Crippen molar-refractivity contribution in [2.45, 2.75) is 44.8 Å². The van der Waals surface area contributed by atoms with Gasteiger partial charge in [-0.2, -0.15) is 11.8 Å². The van der Waals surface area contributed by atoms with E-state index in [1.807, 2.05) is 11.8 Å². The van der Waals surface area contributed by atoms with Crippen LogP contribution in [-0.4, -0.2) is 16.8 Å². The van der Waals surface area contributed by atoms with Gasteiger partial charge in [0.2, 0.25) is 0 Å². The molecule has 0 fully saturated rings. The summed E-state index contributed by atoms with van der Waals surface area (Å²) >= 11 is 1.90. The molecule has 0 heterocycles. The van der Waals surface area contributed by atoms with Crippen molar-refractivity contribution in [2.75, 3.05) is 5.75 Å². The van der Waals surface area contributed by atoms with Gasteiger partial charge < -0.3 is 0 Å². The second-order valence-electron chi connectivity index (χ2n) is 3.49. The van der Waals surface area contributed by atoms with Crippen LogP contribution in [0.15, 0.2) is 11.6 Å². The van der Waals surface area contributed by atoms with E-state index in [1.54, 1.807) is 0 Å². The monoisotopic (exact) mass is 198 g/mol. The van der Waals surface area contributed by atoms with E-state index in [0.29, 0.717) is 11.0 Å². The zero-order valence-corrected chi connectivity index (χ0v) is 9.32. The molecule has 74 valence electrons. The highest BCUT2D eigenvalue weighted by Crippen LogP contribution is 2.25. The van der Waals surface area contributed by atoms with Gasteiger partial charge >= 0.3 is 0 Å². The molecule has 2 heteroatoms. The van der Waals surface area contributed by atoms with E-state index in [-0.39, 0.29) is 0 Å². The Morgan fingerprint density at radius 1 is 1.62 bits per heavy atom. The van der Waals surface area contributed by atoms with Crippen LogP contribution < -0.4 is 0 Å². The molecule has 0 aromatic heterocycles. The predicted molar refractivity (Wildman–Crippen MR) is 59.2 cm³/mol. The molecule has 0 aromatic rings. The Kier molecular flexibility index (Phi) is 4.57. The lowest BCUT2D eigenvalue weighted by Gasteiger charge is -2.17. The highest BCUT2D eigenvalue weighted by Gasteiger charge is 2.18. The van der Waals surface area contributed by atoms with Crippen LogP contribution in [0.3, 0.4) is 0 Å². The Morgan fingerprint density at radius 2 is 2.38 bits per heavy atom. The lowest BCUT2D eigenvalue weighted by Crippen LogP contribution is -2.15. The van der Waals surface area contributed by atoms with Gasteiger partial charge in [-0.25, -0.2) is 0 Å². The zero-order chi connectivity index (χ0) is 9.68. The quantitative estimate of drug-likeness (QED) is 0.690. The van der Waals surface area contributed by atoms with Gasteiger partial charge in [0.25, 0.3) is 0 Å². The molecule has 1 nitrogen and oxygen atoms in total. The van der Waals surface area contributed by atoms with Gasteiger partial charge in [-0.3, -0.25) is 4.79 Å². The number of carbonyl (C=O) groups excluding carboxylic acids is 1. The van der Waals surface area contributed by atoms with E-state index in [9.17, 15) is 4.79 Å². The number of allylic oxidation sites excluding steroid dienone is 1. The van der Waals surface area contributed by atoms with E-state index in [1.165, 1.54) is 6.42 Å². The Hall–Kier alpha value is -0.240. The van der Waals surface area contributed by atoms with Gasteiger partial charge in [0, 0.05) is 17.2 Å². The topological polar surface area (TPSA) is 17.1 Å². The molecule has 0 saturated carbocycles. The fourth-order valence-electron chi connectivity index (χ4n) is 1.56. The molecule has 1 atom stereocenters. The van der Waals surface area contributed by atoms with E-state index in [0.717, 1.165) is 30.6 Å². The van der Waals surface area contributed by atoms with Crippen molar-refractivity contribution in [3.05, 3.63) is 11.6 Å². The summed E-state index contributed by atoms with van der Waals surface area (Å²) in [5, 5.41) is 0.410. The number of carbonyl (C=O) groups is 1. The first-order valence-corrected chi connectivity index (χ1v) is 6.15. The molecule has 0 amide bonds. The number of ketones is 1. The smallest absolute Gasteiger partial charge is 0.159 e. The maximum atomic E-state index is 11.5. The van der Waals surface area contributed by atoms with Gasteiger partial charge in [0.15, 0.2) is 5.78 Å². The van der Waals surface area contributed by atoms with Crippen LogP contribution in [0.2, 0.25) is 0 Å². The summed E-state index contributed by atoms with van der Waals surface area (Å²) in [6.45, 7) is 4.33. The highest BCUT2D eigenvalue weighted by atomic mass is 32.2. The molecule has 1 aliphatic rings. The van der Waals surface area contributed by atoms with Crippen LogP contribution in [0, 0.1) is 0 Å². The van der Waals surface area contributed by atoms with Crippen LogP contribution in [0.5, 0.6) is 0 Å². The molecule has 0 unspecified atom stereocenters. The Morgan fingerprint density at radius 3 is 3.00 bits per heavy atom. The normalized spacial score (nSPS) is 19.8. The third-order valence-corrected chi connectivity index (χ3v) is 3.70. The van der Waals surface area contributed by atoms with Crippen molar-refractivity contribution in [3.8, 4) is 0 Å². The summed E-state index contributed by atoms with van der Waals surface area (Å²) in [5.74, 6) is 1.54. The summed E-state index contributed by atoms with van der Waals surface area (Å²) in [5.41, 5.74) is 1.07. The summed E-state index contributed by atoms with van der Waals surface area (Å²) in [6.07, 6.45) is 6.24. The first-order valence-electron chi connectivity index (χ1n) is 5.10. The number of thioether (sulfide) groups is 1. The minimum Gasteiger partial charge on any atom is -0.295 e. The Labute approximate surface area is 85.0 Å². The average Bonchev–Trinajstić information content (AvgIpc) is 2.15. The Bertz CT molecular complexity index is 208. The lowest BCUT2D eigenvalue weighted by atomic mass is 9.96. The minimum atomic E-state index is 0.377. The maximum absolute atomic E-state index is 11.5. The zero-order valence-electron chi connectivity index (χ0n) is 8.51. The van der Waals surface area contributed by atoms with Crippen LogP contribution in [0.1, 0.15) is 39.5 Å². The Balaban J connectivity index is 2.48. The van der Waals surface area contributed by atoms with Crippen molar-refractivity contribution in [1.29, 1.82) is 0 Å². The first kappa shape index (κ1) is 10.8. The summed E-state index contributed by atoms with van der Waals surface area (Å²) in [4.78, 5) is 11.5. The SMILES string of the molecule is CCCS[C@H](C)C1=CCCCC1=O. The van der Waals surface area contributed by atoms with Crippen molar-refractivity contribution in [1.82, 2.24) is 0 Å². The molecule has 0 spiro atoms. The van der Waals surface area contributed by atoms with Gasteiger partial charge in [0.1, 0.15) is 0 Å². The van der Waals surface area contributed by atoms with Crippen LogP contribution in [0.25, 0.3) is 0 Å². The largest absolute Gasteiger partial charge is 0.295 e. The van der Waals surface area contributed by atoms with Gasteiger partial charge in [-0.05, 0) is 31.9 Å². The fourth-order valence-corrected chi connectivity index (χ4v) is 2.55. The molecule has 13 heavy (non-hydrogen) atoms. The average molecular weight is 198 g/mol. The lowest BCUT2D eigenvalue weighted by molar-refractivity contribution is -0.116. The maximum Gasteiger partial charge on any atom is 0.159 e. The van der Waals surface area contributed by atoms with Crippen LogP contribution >= 0.6 is 11.8 Å². The molecule has 0 aliphatic heterocycles. The number of Topliss-reactive ketones (excluding diaryl/α,β-unsaturated/α-hetero) is 1. The van der Waals surface area contributed by atoms with Crippen LogP contribution in [-0.2, 0) is 4.79 Å². The fraction of sp³-hybridized carbons (Fsp3) is 0.727. The van der Waals surface area contributed by atoms with Crippen LogP contribution in [0.4, 0.5) is 0 Å². The number of hydrogen-bond acceptors (Lipinski definition) is 2. The molecule has 1 rings (SSSR count). The first-order chi connectivity index (χ1) is 6.25. The standard InChI is InChI=1S/C11H18OS/c1-3-8-13-9(2)10-6-4-5-7-11(10)12/h6,9H,3-5,7-8H2,1-2H3/t9-/m1/s1. The second-order valence-corrected chi connectivity index (χ2v) is 4.94. The minimum absolute atomic E-state index is 0.377. The van der Waals surface area contributed by atoms with Crippen molar-refractivity contribution < 1.29 is 4.79 Å². The number of hydrogen-bond donors (Lipinski definition) is 0. The molecule has 0 N–H and O–H groups in total. The molecular weight excluding hydrogens is 180 g/mol. The highest BCUT2D eigenvalue weighted by molar-refractivity contribution is 8.00. The third-order valence-electron chi connectivity index (χ3n) is 2.30. The molecule has 0 saturated heterocycles. The van der Waals surface area contributed by atoms with E-state index in [2.05, 4.69) is 19.9 Å². The van der Waals surface area contributed by atoms with Crippen molar-refractivity contribution in [3.63, 3.8) is 0 Å². The van der Waals surface area contributed by atoms with Gasteiger partial charge in [-0.1, -0.05) is 13.0 Å². The summed E-state index contributed by atoms with van der Waals surface area (Å²) in [7, 11) is 0. The second kappa shape index (κ2) is 5.48. The summed E-state index contributed by atoms with van der Waals surface area (Å²) < 4.78 is 0.